The molecule has 4 heteroatoms. The van der Waals surface area contributed by atoms with Crippen molar-refractivity contribution in [1.82, 2.24) is 10.3 Å². The van der Waals surface area contributed by atoms with E-state index in [2.05, 4.69) is 10.3 Å². The molecule has 0 bridgehead atoms. The fourth-order valence-corrected chi connectivity index (χ4v) is 2.05. The highest BCUT2D eigenvalue weighted by Crippen LogP contribution is 2.09. The van der Waals surface area contributed by atoms with Gasteiger partial charge in [-0.3, -0.25) is 0 Å². The molecule has 1 aromatic heterocycles. The third kappa shape index (κ3) is 3.18. The Morgan fingerprint density at radius 1 is 1.56 bits per heavy atom. The lowest BCUT2D eigenvalue weighted by atomic mass is 10.2. The second kappa shape index (κ2) is 5.27. The summed E-state index contributed by atoms with van der Waals surface area (Å²) in [5.41, 5.74) is 7.72. The van der Waals surface area contributed by atoms with Crippen LogP contribution < -0.4 is 11.1 Å². The van der Waals surface area contributed by atoms with Gasteiger partial charge in [-0.25, -0.2) is 4.98 Å². The van der Waals surface area contributed by atoms with E-state index in [4.69, 9.17) is 10.5 Å². The van der Waals surface area contributed by atoms with E-state index in [0.717, 1.165) is 24.4 Å². The molecule has 88 valence electrons. The van der Waals surface area contributed by atoms with Crippen molar-refractivity contribution in [1.29, 1.82) is 0 Å². The van der Waals surface area contributed by atoms with Gasteiger partial charge < -0.3 is 15.8 Å². The first kappa shape index (κ1) is 11.4. The van der Waals surface area contributed by atoms with Crippen LogP contribution in [-0.4, -0.2) is 24.2 Å². The Kier molecular flexibility index (Phi) is 3.74. The number of ether oxygens (including phenoxy) is 1. The van der Waals surface area contributed by atoms with Gasteiger partial charge in [0.15, 0.2) is 0 Å². The van der Waals surface area contributed by atoms with Crippen LogP contribution in [0.1, 0.15) is 24.1 Å². The number of aryl methyl sites for hydroxylation is 1. The summed E-state index contributed by atoms with van der Waals surface area (Å²) in [6.45, 7) is 4.43. The van der Waals surface area contributed by atoms with Gasteiger partial charge in [-0.1, -0.05) is 0 Å². The summed E-state index contributed by atoms with van der Waals surface area (Å²) < 4.78 is 5.63. The lowest BCUT2D eigenvalue weighted by molar-refractivity contribution is 0.101. The predicted octanol–water partition coefficient (Wildman–Crippen LogP) is 1.24. The largest absolute Gasteiger partial charge is 0.384 e. The minimum atomic E-state index is 0.516. The third-order valence-electron chi connectivity index (χ3n) is 2.77. The molecule has 1 aliphatic heterocycles. The van der Waals surface area contributed by atoms with E-state index >= 15 is 0 Å². The molecule has 0 aromatic carbocycles. The average molecular weight is 221 g/mol. The zero-order valence-corrected chi connectivity index (χ0v) is 9.70. The number of rotatable bonds is 4. The van der Waals surface area contributed by atoms with Crippen LogP contribution in [0.4, 0.5) is 5.82 Å². The van der Waals surface area contributed by atoms with Crippen LogP contribution in [0.25, 0.3) is 0 Å². The number of nitrogens with two attached hydrogens (primary N) is 1. The van der Waals surface area contributed by atoms with Gasteiger partial charge in [-0.2, -0.15) is 0 Å². The van der Waals surface area contributed by atoms with E-state index in [1.54, 1.807) is 0 Å². The lowest BCUT2D eigenvalue weighted by Gasteiger charge is -2.10. The van der Waals surface area contributed by atoms with E-state index in [1.165, 1.54) is 12.8 Å². The van der Waals surface area contributed by atoms with Crippen LogP contribution >= 0.6 is 0 Å². The number of aromatic nitrogens is 1. The molecule has 0 radical (unpaired) electrons. The molecule has 2 heterocycles. The Morgan fingerprint density at radius 2 is 2.44 bits per heavy atom. The van der Waals surface area contributed by atoms with Crippen molar-refractivity contribution in [3.63, 3.8) is 0 Å². The van der Waals surface area contributed by atoms with E-state index in [-0.39, 0.29) is 0 Å². The Bertz CT molecular complexity index is 328. The maximum atomic E-state index is 5.67. The number of anilines is 1. The molecule has 16 heavy (non-hydrogen) atoms. The SMILES string of the molecule is Cc1cc(N)nc(COC[C@@H]2CCCN2)c1. The van der Waals surface area contributed by atoms with Gasteiger partial charge in [0.1, 0.15) is 5.82 Å². The summed E-state index contributed by atoms with van der Waals surface area (Å²) in [5.74, 6) is 0.567. The molecule has 1 aromatic rings. The molecule has 0 amide bonds. The molecule has 1 aliphatic rings. The van der Waals surface area contributed by atoms with Gasteiger partial charge in [0, 0.05) is 6.04 Å². The monoisotopic (exact) mass is 221 g/mol. The summed E-state index contributed by atoms with van der Waals surface area (Å²) >= 11 is 0. The fraction of sp³-hybridized carbons (Fsp3) is 0.583. The first-order valence-corrected chi connectivity index (χ1v) is 5.78. The Labute approximate surface area is 96.2 Å². The Morgan fingerprint density at radius 3 is 3.12 bits per heavy atom. The second-order valence-electron chi connectivity index (χ2n) is 4.37. The van der Waals surface area contributed by atoms with Crippen molar-refractivity contribution in [3.05, 3.63) is 23.4 Å². The van der Waals surface area contributed by atoms with Crippen LogP contribution in [0, 0.1) is 6.92 Å². The van der Waals surface area contributed by atoms with Crippen LogP contribution in [0.3, 0.4) is 0 Å². The summed E-state index contributed by atoms with van der Waals surface area (Å²) in [7, 11) is 0. The van der Waals surface area contributed by atoms with Crippen molar-refractivity contribution in [3.8, 4) is 0 Å². The summed E-state index contributed by atoms with van der Waals surface area (Å²) in [6.07, 6.45) is 2.47. The van der Waals surface area contributed by atoms with E-state index in [9.17, 15) is 0 Å². The zero-order chi connectivity index (χ0) is 11.4. The van der Waals surface area contributed by atoms with Crippen molar-refractivity contribution >= 4 is 5.82 Å². The molecule has 0 spiro atoms. The van der Waals surface area contributed by atoms with Gasteiger partial charge >= 0.3 is 0 Å². The molecule has 1 atom stereocenters. The maximum Gasteiger partial charge on any atom is 0.123 e. The molecule has 4 nitrogen and oxygen atoms in total. The molecular weight excluding hydrogens is 202 g/mol. The van der Waals surface area contributed by atoms with Crippen LogP contribution in [-0.2, 0) is 11.3 Å². The highest BCUT2D eigenvalue weighted by Gasteiger charge is 2.13. The van der Waals surface area contributed by atoms with Crippen LogP contribution in [0.5, 0.6) is 0 Å². The van der Waals surface area contributed by atoms with E-state index < -0.39 is 0 Å². The minimum Gasteiger partial charge on any atom is -0.384 e. The number of hydrogen-bond donors (Lipinski definition) is 2. The van der Waals surface area contributed by atoms with Gasteiger partial charge in [0.25, 0.3) is 0 Å². The predicted molar refractivity (Wildman–Crippen MR) is 64.1 cm³/mol. The number of nitrogen functional groups attached to an aromatic ring is 1. The molecule has 0 aliphatic carbocycles. The smallest absolute Gasteiger partial charge is 0.123 e. The molecule has 2 rings (SSSR count). The van der Waals surface area contributed by atoms with Gasteiger partial charge in [-0.05, 0) is 44.0 Å². The highest BCUT2D eigenvalue weighted by molar-refractivity contribution is 5.33. The van der Waals surface area contributed by atoms with Crippen molar-refractivity contribution in [2.75, 3.05) is 18.9 Å². The number of pyridine rings is 1. The van der Waals surface area contributed by atoms with E-state index in [0.29, 0.717) is 18.5 Å². The van der Waals surface area contributed by atoms with Crippen LogP contribution in [0.15, 0.2) is 12.1 Å². The molecule has 1 fully saturated rings. The number of nitrogens with one attached hydrogen (secondary N) is 1. The standard InChI is InChI=1S/C12H19N3O/c1-9-5-11(15-12(13)6-9)8-16-7-10-3-2-4-14-10/h5-6,10,14H,2-4,7-8H2,1H3,(H2,13,15)/t10-/m0/s1. The summed E-state index contributed by atoms with van der Waals surface area (Å²) in [6, 6.07) is 4.39. The molecule has 0 unspecified atom stereocenters. The molecular formula is C12H19N3O. The van der Waals surface area contributed by atoms with Gasteiger partial charge in [0.05, 0.1) is 18.9 Å². The number of nitrogens with zero attached hydrogens (tertiary/aromatic N) is 1. The molecule has 0 saturated carbocycles. The van der Waals surface area contributed by atoms with Crippen molar-refractivity contribution in [2.45, 2.75) is 32.4 Å². The Hall–Kier alpha value is -1.13. The van der Waals surface area contributed by atoms with Gasteiger partial charge in [0.2, 0.25) is 0 Å². The Balaban J connectivity index is 1.80. The first-order chi connectivity index (χ1) is 7.74. The minimum absolute atomic E-state index is 0.516. The van der Waals surface area contributed by atoms with Crippen LogP contribution in [0.2, 0.25) is 0 Å². The van der Waals surface area contributed by atoms with Crippen molar-refractivity contribution in [2.24, 2.45) is 0 Å². The quantitative estimate of drug-likeness (QED) is 0.803. The maximum absolute atomic E-state index is 5.67. The first-order valence-electron chi connectivity index (χ1n) is 5.78. The highest BCUT2D eigenvalue weighted by atomic mass is 16.5. The fourth-order valence-electron chi connectivity index (χ4n) is 2.05. The average Bonchev–Trinajstić information content (AvgIpc) is 2.69. The normalized spacial score (nSPS) is 20.2. The topological polar surface area (TPSA) is 60.2 Å². The van der Waals surface area contributed by atoms with Gasteiger partial charge in [-0.15, -0.1) is 0 Å². The summed E-state index contributed by atoms with van der Waals surface area (Å²) in [4.78, 5) is 4.23. The summed E-state index contributed by atoms with van der Waals surface area (Å²) in [5, 5.41) is 3.40. The lowest BCUT2D eigenvalue weighted by Crippen LogP contribution is -2.26. The second-order valence-corrected chi connectivity index (χ2v) is 4.37. The third-order valence-corrected chi connectivity index (χ3v) is 2.77. The molecule has 1 saturated heterocycles. The van der Waals surface area contributed by atoms with E-state index in [1.807, 2.05) is 19.1 Å². The molecule has 3 N–H and O–H groups in total. The van der Waals surface area contributed by atoms with Crippen molar-refractivity contribution < 1.29 is 4.74 Å². The number of hydrogen-bond acceptors (Lipinski definition) is 4. The zero-order valence-electron chi connectivity index (χ0n) is 9.70.